The molecule has 7 nitrogen and oxygen atoms in total. The summed E-state index contributed by atoms with van der Waals surface area (Å²) in [7, 11) is 1.39. The molecule has 8 heteroatoms. The summed E-state index contributed by atoms with van der Waals surface area (Å²) in [6.07, 6.45) is -0.351. The molecule has 1 aliphatic heterocycles. The monoisotopic (exact) mass is 356 g/mol. The average Bonchev–Trinajstić information content (AvgIpc) is 2.68. The zero-order valence-electron chi connectivity index (χ0n) is 14.1. The molecule has 1 fully saturated rings. The third kappa shape index (κ3) is 3.96. The molecular formula is C18H17FN4O3. The fraction of sp³-hybridized carbons (Fsp3) is 0.278. The highest BCUT2D eigenvalue weighted by atomic mass is 19.1. The number of carbonyl (C=O) groups excluding carboxylic acids is 1. The number of anilines is 1. The van der Waals surface area contributed by atoms with Crippen molar-refractivity contribution in [2.24, 2.45) is 0 Å². The van der Waals surface area contributed by atoms with Crippen LogP contribution in [-0.2, 0) is 4.74 Å². The standard InChI is InChI=1S/C18H17FN4O3/c1-25-17-7-11(6-13(9-20)22-17)18(24)23-12-2-3-14(15(19)8-12)16-10-21-4-5-26-16/h2-3,6-8,16,21H,4-5,10H2,1H3,(H,23,24)/t16-/m1/s1. The molecule has 0 spiro atoms. The first-order valence-corrected chi connectivity index (χ1v) is 8.00. The first-order chi connectivity index (χ1) is 12.6. The quantitative estimate of drug-likeness (QED) is 0.870. The van der Waals surface area contributed by atoms with Crippen molar-refractivity contribution in [1.29, 1.82) is 5.26 Å². The van der Waals surface area contributed by atoms with Gasteiger partial charge in [-0.2, -0.15) is 5.26 Å². The molecule has 0 bridgehead atoms. The maximum Gasteiger partial charge on any atom is 0.255 e. The SMILES string of the molecule is COc1cc(C(=O)Nc2ccc([C@H]3CNCCO3)c(F)c2)cc(C#N)n1. The van der Waals surface area contributed by atoms with Gasteiger partial charge in [0, 0.05) is 36.0 Å². The van der Waals surface area contributed by atoms with E-state index in [0.29, 0.717) is 24.4 Å². The molecular weight excluding hydrogens is 339 g/mol. The van der Waals surface area contributed by atoms with E-state index >= 15 is 0 Å². The molecule has 0 aliphatic carbocycles. The minimum absolute atomic E-state index is 0.0537. The van der Waals surface area contributed by atoms with E-state index in [-0.39, 0.29) is 23.2 Å². The largest absolute Gasteiger partial charge is 0.481 e. The third-order valence-corrected chi connectivity index (χ3v) is 3.92. The van der Waals surface area contributed by atoms with Crippen LogP contribution in [0, 0.1) is 17.1 Å². The van der Waals surface area contributed by atoms with E-state index in [1.807, 2.05) is 6.07 Å². The number of pyridine rings is 1. The number of nitrogens with one attached hydrogen (secondary N) is 2. The van der Waals surface area contributed by atoms with E-state index in [2.05, 4.69) is 15.6 Å². The fourth-order valence-corrected chi connectivity index (χ4v) is 2.63. The Kier molecular flexibility index (Phi) is 5.41. The van der Waals surface area contributed by atoms with Crippen molar-refractivity contribution in [1.82, 2.24) is 10.3 Å². The molecule has 3 rings (SSSR count). The molecule has 0 radical (unpaired) electrons. The number of halogens is 1. The number of amides is 1. The Bertz CT molecular complexity index is 860. The van der Waals surface area contributed by atoms with Gasteiger partial charge in [-0.3, -0.25) is 4.79 Å². The number of rotatable bonds is 4. The van der Waals surface area contributed by atoms with Gasteiger partial charge in [-0.05, 0) is 18.2 Å². The number of methoxy groups -OCH3 is 1. The van der Waals surface area contributed by atoms with Crippen molar-refractivity contribution in [2.75, 3.05) is 32.1 Å². The molecule has 1 atom stereocenters. The predicted molar refractivity (Wildman–Crippen MR) is 91.4 cm³/mol. The van der Waals surface area contributed by atoms with E-state index in [1.165, 1.54) is 25.3 Å². The lowest BCUT2D eigenvalue weighted by Crippen LogP contribution is -2.33. The molecule has 2 N–H and O–H groups in total. The number of ether oxygens (including phenoxy) is 2. The van der Waals surface area contributed by atoms with Crippen molar-refractivity contribution in [2.45, 2.75) is 6.10 Å². The topological polar surface area (TPSA) is 96.3 Å². The number of benzene rings is 1. The van der Waals surface area contributed by atoms with Crippen LogP contribution in [-0.4, -0.2) is 37.7 Å². The molecule has 1 aliphatic rings. The fourth-order valence-electron chi connectivity index (χ4n) is 2.63. The summed E-state index contributed by atoms with van der Waals surface area (Å²) in [5.74, 6) is -0.802. The smallest absolute Gasteiger partial charge is 0.255 e. The summed E-state index contributed by atoms with van der Waals surface area (Å²) in [5, 5.41) is 14.7. The van der Waals surface area contributed by atoms with Gasteiger partial charge in [0.05, 0.1) is 19.8 Å². The van der Waals surface area contributed by atoms with Gasteiger partial charge in [0.2, 0.25) is 5.88 Å². The number of hydrogen-bond acceptors (Lipinski definition) is 6. The second-order valence-electron chi connectivity index (χ2n) is 5.65. The van der Waals surface area contributed by atoms with Crippen LogP contribution in [0.2, 0.25) is 0 Å². The van der Waals surface area contributed by atoms with Crippen LogP contribution in [0.4, 0.5) is 10.1 Å². The normalized spacial score (nSPS) is 16.6. The zero-order valence-corrected chi connectivity index (χ0v) is 14.1. The van der Waals surface area contributed by atoms with Crippen LogP contribution in [0.5, 0.6) is 5.88 Å². The van der Waals surface area contributed by atoms with Gasteiger partial charge >= 0.3 is 0 Å². The van der Waals surface area contributed by atoms with Crippen molar-refractivity contribution < 1.29 is 18.7 Å². The Morgan fingerprint density at radius 3 is 2.96 bits per heavy atom. The van der Waals surface area contributed by atoms with Crippen molar-refractivity contribution in [3.63, 3.8) is 0 Å². The van der Waals surface area contributed by atoms with E-state index in [0.717, 1.165) is 6.54 Å². The summed E-state index contributed by atoms with van der Waals surface area (Å²) < 4.78 is 24.9. The highest BCUT2D eigenvalue weighted by Gasteiger charge is 2.20. The molecule has 134 valence electrons. The van der Waals surface area contributed by atoms with Crippen molar-refractivity contribution in [3.8, 4) is 11.9 Å². The number of carbonyl (C=O) groups is 1. The summed E-state index contributed by atoms with van der Waals surface area (Å²) in [6, 6.07) is 9.05. The van der Waals surface area contributed by atoms with Crippen LogP contribution < -0.4 is 15.4 Å². The van der Waals surface area contributed by atoms with E-state index in [1.54, 1.807) is 12.1 Å². The number of morpholine rings is 1. The molecule has 26 heavy (non-hydrogen) atoms. The maximum atomic E-state index is 14.4. The Hall–Kier alpha value is -3.02. The van der Waals surface area contributed by atoms with Crippen LogP contribution in [0.25, 0.3) is 0 Å². The minimum Gasteiger partial charge on any atom is -0.481 e. The van der Waals surface area contributed by atoms with Gasteiger partial charge in [0.1, 0.15) is 17.6 Å². The number of aromatic nitrogens is 1. The van der Waals surface area contributed by atoms with Crippen LogP contribution in [0.15, 0.2) is 30.3 Å². The third-order valence-electron chi connectivity index (χ3n) is 3.92. The molecule has 1 aromatic carbocycles. The van der Waals surface area contributed by atoms with Crippen molar-refractivity contribution in [3.05, 3.63) is 53.0 Å². The summed E-state index contributed by atoms with van der Waals surface area (Å²) in [5.41, 5.74) is 0.984. The van der Waals surface area contributed by atoms with Gasteiger partial charge in [-0.25, -0.2) is 9.37 Å². The Balaban J connectivity index is 1.77. The van der Waals surface area contributed by atoms with E-state index < -0.39 is 11.7 Å². The highest BCUT2D eigenvalue weighted by molar-refractivity contribution is 6.04. The van der Waals surface area contributed by atoms with Gasteiger partial charge in [0.15, 0.2) is 0 Å². The number of nitrogens with zero attached hydrogens (tertiary/aromatic N) is 2. The summed E-state index contributed by atoms with van der Waals surface area (Å²) in [4.78, 5) is 16.3. The van der Waals surface area contributed by atoms with Gasteiger partial charge in [0.25, 0.3) is 5.91 Å². The molecule has 2 aromatic rings. The molecule has 1 amide bonds. The van der Waals surface area contributed by atoms with E-state index in [4.69, 9.17) is 14.7 Å². The Morgan fingerprint density at radius 2 is 2.31 bits per heavy atom. The molecule has 1 aromatic heterocycles. The van der Waals surface area contributed by atoms with Crippen LogP contribution in [0.1, 0.15) is 27.7 Å². The second kappa shape index (κ2) is 7.91. The highest BCUT2D eigenvalue weighted by Crippen LogP contribution is 2.25. The van der Waals surface area contributed by atoms with Gasteiger partial charge in [-0.15, -0.1) is 0 Å². The maximum absolute atomic E-state index is 14.4. The zero-order chi connectivity index (χ0) is 18.5. The minimum atomic E-state index is -0.495. The van der Waals surface area contributed by atoms with Crippen LogP contribution in [0.3, 0.4) is 0 Å². The molecule has 2 heterocycles. The lowest BCUT2D eigenvalue weighted by Gasteiger charge is -2.24. The van der Waals surface area contributed by atoms with Crippen LogP contribution >= 0.6 is 0 Å². The summed E-state index contributed by atoms with van der Waals surface area (Å²) in [6.45, 7) is 1.80. The first-order valence-electron chi connectivity index (χ1n) is 8.00. The summed E-state index contributed by atoms with van der Waals surface area (Å²) >= 11 is 0. The lowest BCUT2D eigenvalue weighted by molar-refractivity contribution is 0.0255. The molecule has 0 unspecified atom stereocenters. The molecule has 1 saturated heterocycles. The lowest BCUT2D eigenvalue weighted by atomic mass is 10.1. The van der Waals surface area contributed by atoms with Gasteiger partial charge in [-0.1, -0.05) is 6.07 Å². The Morgan fingerprint density at radius 1 is 1.46 bits per heavy atom. The average molecular weight is 356 g/mol. The second-order valence-corrected chi connectivity index (χ2v) is 5.65. The van der Waals surface area contributed by atoms with Gasteiger partial charge < -0.3 is 20.1 Å². The van der Waals surface area contributed by atoms with E-state index in [9.17, 15) is 9.18 Å². The molecule has 0 saturated carbocycles. The number of nitriles is 1. The first kappa shape index (κ1) is 17.8. The Labute approximate surface area is 149 Å². The number of hydrogen-bond donors (Lipinski definition) is 2. The van der Waals surface area contributed by atoms with Crippen molar-refractivity contribution >= 4 is 11.6 Å². The predicted octanol–water partition coefficient (Wildman–Crippen LogP) is 2.01.